The molecule has 1 aromatic carbocycles. The molecule has 0 amide bonds. The van der Waals surface area contributed by atoms with Crippen LogP contribution in [0.2, 0.25) is 0 Å². The fourth-order valence-electron chi connectivity index (χ4n) is 9.54. The van der Waals surface area contributed by atoms with Crippen molar-refractivity contribution in [3.8, 4) is 11.5 Å². The van der Waals surface area contributed by atoms with Crippen molar-refractivity contribution >= 4 is 5.78 Å². The van der Waals surface area contributed by atoms with Gasteiger partial charge in [0.25, 0.3) is 0 Å². The lowest BCUT2D eigenvalue weighted by Crippen LogP contribution is -2.62. The number of ketones is 1. The number of allylic oxidation sites excluding steroid dienone is 3. The van der Waals surface area contributed by atoms with Gasteiger partial charge in [-0.1, -0.05) is 52.3 Å². The highest BCUT2D eigenvalue weighted by Gasteiger charge is 2.67. The van der Waals surface area contributed by atoms with Crippen LogP contribution in [0.5, 0.6) is 11.5 Å². The van der Waals surface area contributed by atoms with E-state index in [0.29, 0.717) is 11.7 Å². The molecule has 36 heavy (non-hydrogen) atoms. The van der Waals surface area contributed by atoms with Crippen LogP contribution in [-0.4, -0.2) is 16.0 Å². The maximum absolute atomic E-state index is 12.8. The van der Waals surface area contributed by atoms with E-state index in [-0.39, 0.29) is 44.5 Å². The Balaban J connectivity index is 1.69. The van der Waals surface area contributed by atoms with Crippen molar-refractivity contribution in [2.75, 3.05) is 0 Å². The molecule has 5 rings (SSSR count). The minimum absolute atomic E-state index is 0.00859. The van der Waals surface area contributed by atoms with Gasteiger partial charge in [-0.2, -0.15) is 0 Å². The molecule has 0 radical (unpaired) electrons. The van der Waals surface area contributed by atoms with Crippen molar-refractivity contribution in [1.82, 2.24) is 0 Å². The number of aromatic hydroxyl groups is 2. The van der Waals surface area contributed by atoms with Crippen LogP contribution < -0.4 is 0 Å². The van der Waals surface area contributed by atoms with Crippen LogP contribution in [0.4, 0.5) is 0 Å². The zero-order valence-corrected chi connectivity index (χ0v) is 23.6. The van der Waals surface area contributed by atoms with Gasteiger partial charge >= 0.3 is 0 Å². The first-order valence-electron chi connectivity index (χ1n) is 14.1. The van der Waals surface area contributed by atoms with Gasteiger partial charge in [-0.3, -0.25) is 4.79 Å². The number of phenols is 2. The Bertz CT molecular complexity index is 1180. The van der Waals surface area contributed by atoms with Gasteiger partial charge in [0.2, 0.25) is 0 Å². The third kappa shape index (κ3) is 3.07. The number of rotatable bonds is 3. The molecule has 3 fully saturated rings. The van der Waals surface area contributed by atoms with E-state index in [9.17, 15) is 15.0 Å². The number of fused-ring (bicyclic) bond motifs is 7. The monoisotopic (exact) mass is 490 g/mol. The number of hydrogen-bond donors (Lipinski definition) is 2. The van der Waals surface area contributed by atoms with Crippen LogP contribution in [0.25, 0.3) is 0 Å². The summed E-state index contributed by atoms with van der Waals surface area (Å²) in [4.78, 5) is 12.8. The lowest BCUT2D eigenvalue weighted by Gasteiger charge is -2.70. The van der Waals surface area contributed by atoms with Crippen LogP contribution in [0.15, 0.2) is 30.4 Å². The summed E-state index contributed by atoms with van der Waals surface area (Å²) in [5, 5.41) is 21.3. The maximum Gasteiger partial charge on any atom is 0.160 e. The van der Waals surface area contributed by atoms with Crippen LogP contribution in [0, 0.1) is 34.5 Å². The SMILES string of the molecule is C=CCC1C=C2[C@@](C)(CC[C@@]3(C)[C@@H]4C[C@](C)(C(C)=O)CC[C@]4(C)CC[C@]23C)c2cc(O)c(O)c(C)c21. The number of carbonyl (C=O) groups is 1. The lowest BCUT2D eigenvalue weighted by atomic mass is 9.34. The highest BCUT2D eigenvalue weighted by Crippen LogP contribution is 2.75. The molecular formula is C33H46O3. The Morgan fingerprint density at radius 1 is 1.06 bits per heavy atom. The summed E-state index contributed by atoms with van der Waals surface area (Å²) < 4.78 is 0. The first-order chi connectivity index (χ1) is 16.7. The van der Waals surface area contributed by atoms with Gasteiger partial charge in [0.1, 0.15) is 5.78 Å². The average Bonchev–Trinajstić information content (AvgIpc) is 2.82. The summed E-state index contributed by atoms with van der Waals surface area (Å²) in [5.41, 5.74) is 4.68. The molecular weight excluding hydrogens is 444 g/mol. The van der Waals surface area contributed by atoms with Crippen molar-refractivity contribution in [3.63, 3.8) is 0 Å². The third-order valence-electron chi connectivity index (χ3n) is 12.5. The second kappa shape index (κ2) is 7.74. The molecule has 0 spiro atoms. The second-order valence-electron chi connectivity index (χ2n) is 14.2. The highest BCUT2D eigenvalue weighted by molar-refractivity contribution is 5.82. The molecule has 196 valence electrons. The fraction of sp³-hybridized carbons (Fsp3) is 0.667. The molecule has 0 aliphatic heterocycles. The Labute approximate surface area is 218 Å². The van der Waals surface area contributed by atoms with Gasteiger partial charge in [0, 0.05) is 16.7 Å². The summed E-state index contributed by atoms with van der Waals surface area (Å²) in [6, 6.07) is 1.85. The normalized spacial score (nSPS) is 43.4. The van der Waals surface area contributed by atoms with Crippen LogP contribution in [0.3, 0.4) is 0 Å². The van der Waals surface area contributed by atoms with Gasteiger partial charge in [0.05, 0.1) is 0 Å². The van der Waals surface area contributed by atoms with Gasteiger partial charge in [-0.25, -0.2) is 0 Å². The largest absolute Gasteiger partial charge is 0.504 e. The number of benzene rings is 1. The standard InChI is InChI=1S/C33H46O3/c1-9-10-22-17-25-31(6,23-18-24(35)28(36)20(2)27(22)23)14-16-33(8)26-19-30(5,21(3)34)12-11-29(26,4)13-15-32(25,33)7/h9,17-18,22,26,35-36H,1,10-16,19H2,2-8H3/t22?,26-,29-,30-,31+,32-,33+/m1/s1. The summed E-state index contributed by atoms with van der Waals surface area (Å²) in [7, 11) is 0. The minimum Gasteiger partial charge on any atom is -0.504 e. The molecule has 0 aromatic heterocycles. The third-order valence-corrected chi connectivity index (χ3v) is 12.5. The summed E-state index contributed by atoms with van der Waals surface area (Å²) in [6.07, 6.45) is 13.0. The molecule has 3 heteroatoms. The molecule has 2 N–H and O–H groups in total. The smallest absolute Gasteiger partial charge is 0.160 e. The quantitative estimate of drug-likeness (QED) is 0.331. The first-order valence-corrected chi connectivity index (χ1v) is 14.1. The Morgan fingerprint density at radius 3 is 2.36 bits per heavy atom. The van der Waals surface area contributed by atoms with E-state index in [1.165, 1.54) is 23.1 Å². The van der Waals surface area contributed by atoms with Crippen molar-refractivity contribution in [2.24, 2.45) is 27.6 Å². The first kappa shape index (κ1) is 25.6. The molecule has 3 saturated carbocycles. The molecule has 4 aliphatic rings. The molecule has 0 heterocycles. The van der Waals surface area contributed by atoms with E-state index in [1.807, 2.05) is 19.1 Å². The minimum atomic E-state index is -0.217. The highest BCUT2D eigenvalue weighted by atomic mass is 16.3. The summed E-state index contributed by atoms with van der Waals surface area (Å²) >= 11 is 0. The average molecular weight is 491 g/mol. The Hall–Kier alpha value is -2.03. The van der Waals surface area contributed by atoms with Crippen molar-refractivity contribution in [3.05, 3.63) is 47.1 Å². The molecule has 7 atom stereocenters. The fourth-order valence-corrected chi connectivity index (χ4v) is 9.54. The van der Waals surface area contributed by atoms with E-state index >= 15 is 0 Å². The van der Waals surface area contributed by atoms with Gasteiger partial charge in [0.15, 0.2) is 11.5 Å². The van der Waals surface area contributed by atoms with Gasteiger partial charge in [-0.05, 0) is 110 Å². The predicted molar refractivity (Wildman–Crippen MR) is 146 cm³/mol. The van der Waals surface area contributed by atoms with E-state index < -0.39 is 0 Å². The molecule has 4 aliphatic carbocycles. The molecule has 3 nitrogen and oxygen atoms in total. The van der Waals surface area contributed by atoms with Crippen LogP contribution in [-0.2, 0) is 10.2 Å². The predicted octanol–water partition coefficient (Wildman–Crippen LogP) is 8.27. The van der Waals surface area contributed by atoms with E-state index in [2.05, 4.69) is 47.3 Å². The number of Topliss-reactive ketones (excluding diaryl/α,β-unsaturated/α-hetero) is 1. The van der Waals surface area contributed by atoms with E-state index in [4.69, 9.17) is 0 Å². The number of carbonyl (C=O) groups excluding carboxylic acids is 1. The van der Waals surface area contributed by atoms with E-state index in [0.717, 1.165) is 50.5 Å². The molecule has 0 saturated heterocycles. The Morgan fingerprint density at radius 2 is 1.72 bits per heavy atom. The molecule has 1 unspecified atom stereocenters. The molecule has 1 aromatic rings. The van der Waals surface area contributed by atoms with Crippen molar-refractivity contribution < 1.29 is 15.0 Å². The lowest BCUT2D eigenvalue weighted by molar-refractivity contribution is -0.165. The zero-order valence-electron chi connectivity index (χ0n) is 23.6. The Kier molecular flexibility index (Phi) is 5.51. The van der Waals surface area contributed by atoms with Crippen LogP contribution >= 0.6 is 0 Å². The van der Waals surface area contributed by atoms with Gasteiger partial charge < -0.3 is 10.2 Å². The van der Waals surface area contributed by atoms with Crippen molar-refractivity contribution in [2.45, 2.75) is 111 Å². The summed E-state index contributed by atoms with van der Waals surface area (Å²) in [5.74, 6) is 1.00. The second-order valence-corrected chi connectivity index (χ2v) is 14.2. The maximum atomic E-state index is 12.8. The van der Waals surface area contributed by atoms with Crippen LogP contribution in [0.1, 0.15) is 116 Å². The van der Waals surface area contributed by atoms with Gasteiger partial charge in [-0.15, -0.1) is 6.58 Å². The summed E-state index contributed by atoms with van der Waals surface area (Å²) in [6.45, 7) is 19.9. The number of phenolic OH excluding ortho intramolecular Hbond substituents is 2. The zero-order chi connectivity index (χ0) is 26.5. The molecule has 0 bridgehead atoms. The van der Waals surface area contributed by atoms with Crippen molar-refractivity contribution in [1.29, 1.82) is 0 Å². The topological polar surface area (TPSA) is 57.5 Å². The number of hydrogen-bond acceptors (Lipinski definition) is 3. The van der Waals surface area contributed by atoms with E-state index in [1.54, 1.807) is 6.92 Å².